The minimum absolute atomic E-state index is 0.0926. The van der Waals surface area contributed by atoms with Crippen LogP contribution >= 0.6 is 11.3 Å². The van der Waals surface area contributed by atoms with Crippen molar-refractivity contribution in [2.75, 3.05) is 0 Å². The van der Waals surface area contributed by atoms with E-state index in [1.54, 1.807) is 18.5 Å². The maximum absolute atomic E-state index is 11.7. The maximum atomic E-state index is 11.7. The molecule has 0 N–H and O–H groups in total. The largest absolute Gasteiger partial charge is 0.290 e. The first kappa shape index (κ1) is 9.92. The average Bonchev–Trinajstić information content (AvgIpc) is 2.65. The van der Waals surface area contributed by atoms with E-state index in [0.717, 1.165) is 10.7 Å². The van der Waals surface area contributed by atoms with Crippen molar-refractivity contribution < 1.29 is 4.79 Å². The zero-order valence-corrected chi connectivity index (χ0v) is 8.99. The molecule has 0 amide bonds. The quantitative estimate of drug-likeness (QED) is 0.737. The Morgan fingerprint density at radius 2 is 2.13 bits per heavy atom. The summed E-state index contributed by atoms with van der Waals surface area (Å²) in [7, 11) is 0. The SMILES string of the molecule is Cc1csc(CC(=O)c2ncccn2)n1. The van der Waals surface area contributed by atoms with E-state index in [1.807, 2.05) is 12.3 Å². The second-order valence-corrected chi connectivity index (χ2v) is 4.00. The monoisotopic (exact) mass is 219 g/mol. The molecule has 15 heavy (non-hydrogen) atoms. The molecule has 5 heteroatoms. The highest BCUT2D eigenvalue weighted by molar-refractivity contribution is 7.09. The summed E-state index contributed by atoms with van der Waals surface area (Å²) in [6, 6.07) is 1.68. The van der Waals surface area contributed by atoms with E-state index in [1.165, 1.54) is 11.3 Å². The van der Waals surface area contributed by atoms with Gasteiger partial charge < -0.3 is 0 Å². The molecule has 76 valence electrons. The van der Waals surface area contributed by atoms with Crippen molar-refractivity contribution in [1.82, 2.24) is 15.0 Å². The van der Waals surface area contributed by atoms with Crippen LogP contribution in [0.3, 0.4) is 0 Å². The number of hydrogen-bond acceptors (Lipinski definition) is 5. The van der Waals surface area contributed by atoms with Crippen LogP contribution in [0.25, 0.3) is 0 Å². The van der Waals surface area contributed by atoms with Gasteiger partial charge in [-0.25, -0.2) is 15.0 Å². The van der Waals surface area contributed by atoms with Crippen molar-refractivity contribution in [2.24, 2.45) is 0 Å². The Hall–Kier alpha value is -1.62. The van der Waals surface area contributed by atoms with Crippen LogP contribution in [0.1, 0.15) is 21.3 Å². The number of ketones is 1. The third-order valence-electron chi connectivity index (χ3n) is 1.79. The normalized spacial score (nSPS) is 10.2. The van der Waals surface area contributed by atoms with Crippen molar-refractivity contribution in [3.8, 4) is 0 Å². The average molecular weight is 219 g/mol. The van der Waals surface area contributed by atoms with Gasteiger partial charge in [-0.3, -0.25) is 4.79 Å². The lowest BCUT2D eigenvalue weighted by atomic mass is 10.3. The van der Waals surface area contributed by atoms with Crippen LogP contribution in [0, 0.1) is 6.92 Å². The molecule has 0 radical (unpaired) electrons. The number of carbonyl (C=O) groups is 1. The van der Waals surface area contributed by atoms with Crippen LogP contribution in [-0.2, 0) is 6.42 Å². The lowest BCUT2D eigenvalue weighted by Gasteiger charge is -1.95. The van der Waals surface area contributed by atoms with Crippen LogP contribution in [0.15, 0.2) is 23.8 Å². The van der Waals surface area contributed by atoms with Gasteiger partial charge in [-0.2, -0.15) is 0 Å². The number of thiazole rings is 1. The van der Waals surface area contributed by atoms with E-state index in [4.69, 9.17) is 0 Å². The van der Waals surface area contributed by atoms with E-state index >= 15 is 0 Å². The van der Waals surface area contributed by atoms with E-state index in [9.17, 15) is 4.79 Å². The molecule has 2 aromatic rings. The summed E-state index contributed by atoms with van der Waals surface area (Å²) < 4.78 is 0. The molecular weight excluding hydrogens is 210 g/mol. The number of aryl methyl sites for hydroxylation is 1. The lowest BCUT2D eigenvalue weighted by Crippen LogP contribution is -2.07. The van der Waals surface area contributed by atoms with Gasteiger partial charge in [0, 0.05) is 23.5 Å². The van der Waals surface area contributed by atoms with Crippen molar-refractivity contribution >= 4 is 17.1 Å². The standard InChI is InChI=1S/C10H9N3OS/c1-7-6-15-9(13-7)5-8(14)10-11-3-2-4-12-10/h2-4,6H,5H2,1H3. The fourth-order valence-corrected chi connectivity index (χ4v) is 1.91. The van der Waals surface area contributed by atoms with E-state index < -0.39 is 0 Å². The second-order valence-electron chi connectivity index (χ2n) is 3.05. The van der Waals surface area contributed by atoms with Gasteiger partial charge in [0.05, 0.1) is 6.42 Å². The molecule has 0 fully saturated rings. The molecule has 0 aliphatic rings. The first-order valence-corrected chi connectivity index (χ1v) is 5.35. The Morgan fingerprint density at radius 3 is 2.73 bits per heavy atom. The number of aromatic nitrogens is 3. The molecule has 2 aromatic heterocycles. The summed E-state index contributed by atoms with van der Waals surface area (Å²) in [4.78, 5) is 23.7. The number of nitrogens with zero attached hydrogens (tertiary/aromatic N) is 3. The Labute approximate surface area is 91.0 Å². The van der Waals surface area contributed by atoms with Gasteiger partial charge in [0.1, 0.15) is 5.01 Å². The molecule has 2 rings (SSSR count). The van der Waals surface area contributed by atoms with Gasteiger partial charge in [-0.05, 0) is 13.0 Å². The van der Waals surface area contributed by atoms with Crippen LogP contribution < -0.4 is 0 Å². The van der Waals surface area contributed by atoms with Crippen molar-refractivity contribution in [1.29, 1.82) is 0 Å². The molecule has 0 atom stereocenters. The molecule has 4 nitrogen and oxygen atoms in total. The van der Waals surface area contributed by atoms with Gasteiger partial charge in [-0.1, -0.05) is 0 Å². The smallest absolute Gasteiger partial charge is 0.206 e. The number of Topliss-reactive ketones (excluding diaryl/α,β-unsaturated/α-hetero) is 1. The van der Waals surface area contributed by atoms with E-state index in [0.29, 0.717) is 0 Å². The summed E-state index contributed by atoms with van der Waals surface area (Å²) in [5.41, 5.74) is 0.941. The Balaban J connectivity index is 2.11. The summed E-state index contributed by atoms with van der Waals surface area (Å²) in [5, 5.41) is 2.74. The van der Waals surface area contributed by atoms with Gasteiger partial charge in [0.25, 0.3) is 0 Å². The molecule has 0 saturated heterocycles. The Morgan fingerprint density at radius 1 is 1.40 bits per heavy atom. The van der Waals surface area contributed by atoms with Crippen LogP contribution in [0.2, 0.25) is 0 Å². The molecule has 0 bridgehead atoms. The molecule has 0 unspecified atom stereocenters. The Kier molecular flexibility index (Phi) is 2.82. The highest BCUT2D eigenvalue weighted by atomic mass is 32.1. The fraction of sp³-hybridized carbons (Fsp3) is 0.200. The van der Waals surface area contributed by atoms with Crippen LogP contribution in [0.4, 0.5) is 0 Å². The summed E-state index contributed by atoms with van der Waals surface area (Å²) in [6.07, 6.45) is 3.41. The van der Waals surface area contributed by atoms with Gasteiger partial charge in [-0.15, -0.1) is 11.3 Å². The molecule has 0 aliphatic heterocycles. The third-order valence-corrected chi connectivity index (χ3v) is 2.76. The molecule has 0 saturated carbocycles. The fourth-order valence-electron chi connectivity index (χ4n) is 1.14. The Bertz CT molecular complexity index is 467. The molecule has 2 heterocycles. The summed E-state index contributed by atoms with van der Waals surface area (Å²) >= 11 is 1.49. The topological polar surface area (TPSA) is 55.7 Å². The first-order chi connectivity index (χ1) is 7.25. The summed E-state index contributed by atoms with van der Waals surface area (Å²) in [5.74, 6) is 0.162. The van der Waals surface area contributed by atoms with Gasteiger partial charge >= 0.3 is 0 Å². The number of rotatable bonds is 3. The second kappa shape index (κ2) is 4.27. The first-order valence-electron chi connectivity index (χ1n) is 4.47. The lowest BCUT2D eigenvalue weighted by molar-refractivity contribution is 0.0983. The zero-order chi connectivity index (χ0) is 10.7. The molecule has 0 aliphatic carbocycles. The minimum Gasteiger partial charge on any atom is -0.290 e. The highest BCUT2D eigenvalue weighted by Crippen LogP contribution is 2.10. The minimum atomic E-state index is -0.0926. The molecule has 0 spiro atoms. The van der Waals surface area contributed by atoms with E-state index in [-0.39, 0.29) is 18.0 Å². The van der Waals surface area contributed by atoms with E-state index in [2.05, 4.69) is 15.0 Å². The van der Waals surface area contributed by atoms with Gasteiger partial charge in [0.15, 0.2) is 5.82 Å². The summed E-state index contributed by atoms with van der Waals surface area (Å²) in [6.45, 7) is 1.91. The number of carbonyl (C=O) groups excluding carboxylic acids is 1. The highest BCUT2D eigenvalue weighted by Gasteiger charge is 2.11. The zero-order valence-electron chi connectivity index (χ0n) is 8.17. The third kappa shape index (κ3) is 2.44. The van der Waals surface area contributed by atoms with Gasteiger partial charge in [0.2, 0.25) is 5.78 Å². The van der Waals surface area contributed by atoms with Crippen molar-refractivity contribution in [2.45, 2.75) is 13.3 Å². The number of hydrogen-bond donors (Lipinski definition) is 0. The predicted octanol–water partition coefficient (Wildman–Crippen LogP) is 1.67. The van der Waals surface area contributed by atoms with Crippen LogP contribution in [0.5, 0.6) is 0 Å². The maximum Gasteiger partial charge on any atom is 0.206 e. The molecule has 0 aromatic carbocycles. The molecular formula is C10H9N3OS. The van der Waals surface area contributed by atoms with Crippen molar-refractivity contribution in [3.05, 3.63) is 40.4 Å². The van der Waals surface area contributed by atoms with Crippen LogP contribution in [-0.4, -0.2) is 20.7 Å². The van der Waals surface area contributed by atoms with Crippen molar-refractivity contribution in [3.63, 3.8) is 0 Å². The predicted molar refractivity (Wildman–Crippen MR) is 56.9 cm³/mol.